The molecule has 1 amide bonds. The van der Waals surface area contributed by atoms with Gasteiger partial charge in [0.05, 0.1) is 6.54 Å². The summed E-state index contributed by atoms with van der Waals surface area (Å²) in [6.45, 7) is 4.98. The van der Waals surface area contributed by atoms with Crippen molar-refractivity contribution in [2.75, 3.05) is 26.2 Å². The number of nitrogens with zero attached hydrogens (tertiary/aromatic N) is 1. The lowest BCUT2D eigenvalue weighted by atomic mass is 9.89. The van der Waals surface area contributed by atoms with Gasteiger partial charge in [0.15, 0.2) is 5.78 Å². The summed E-state index contributed by atoms with van der Waals surface area (Å²) in [4.78, 5) is 26.4. The Morgan fingerprint density at radius 2 is 1.86 bits per heavy atom. The molecule has 1 heterocycles. The number of ketones is 1. The van der Waals surface area contributed by atoms with Crippen LogP contribution in [-0.2, 0) is 4.79 Å². The second kappa shape index (κ2) is 8.69. The quantitative estimate of drug-likeness (QED) is 0.622. The van der Waals surface area contributed by atoms with E-state index in [0.29, 0.717) is 6.54 Å². The van der Waals surface area contributed by atoms with E-state index >= 15 is 0 Å². The van der Waals surface area contributed by atoms with Gasteiger partial charge in [0.1, 0.15) is 0 Å². The average Bonchev–Trinajstić information content (AvgIpc) is 2.56. The van der Waals surface area contributed by atoms with Crippen LogP contribution in [0, 0.1) is 5.92 Å². The molecule has 1 N–H and O–H groups in total. The van der Waals surface area contributed by atoms with Crippen LogP contribution in [0.1, 0.15) is 43.0 Å². The number of hydrogen-bond acceptors (Lipinski definition) is 3. The second-order valence-electron chi connectivity index (χ2n) is 5.98. The van der Waals surface area contributed by atoms with E-state index in [1.54, 1.807) is 0 Å². The topological polar surface area (TPSA) is 49.4 Å². The number of benzene rings is 1. The van der Waals surface area contributed by atoms with Crippen molar-refractivity contribution in [3.8, 4) is 0 Å². The summed E-state index contributed by atoms with van der Waals surface area (Å²) < 4.78 is 0. The molecule has 1 aromatic carbocycles. The number of Topliss-reactive ketones (excluding diaryl/α,β-unsaturated/α-hetero) is 1. The summed E-state index contributed by atoms with van der Waals surface area (Å²) in [5.74, 6) is 0.440. The molecule has 0 spiro atoms. The van der Waals surface area contributed by atoms with Gasteiger partial charge in [-0.05, 0) is 32.4 Å². The molecular formula is C18H26N2O2. The normalized spacial score (nSPS) is 16.4. The molecule has 1 fully saturated rings. The van der Waals surface area contributed by atoms with Gasteiger partial charge >= 0.3 is 0 Å². The zero-order valence-electron chi connectivity index (χ0n) is 13.4. The van der Waals surface area contributed by atoms with Crippen LogP contribution in [0.15, 0.2) is 30.3 Å². The lowest BCUT2D eigenvalue weighted by Gasteiger charge is -2.30. The van der Waals surface area contributed by atoms with Gasteiger partial charge in [-0.3, -0.25) is 14.5 Å². The Labute approximate surface area is 132 Å². The second-order valence-corrected chi connectivity index (χ2v) is 5.98. The molecule has 0 radical (unpaired) electrons. The third-order valence-electron chi connectivity index (χ3n) is 4.24. The van der Waals surface area contributed by atoms with E-state index in [4.69, 9.17) is 0 Å². The zero-order chi connectivity index (χ0) is 15.8. The lowest BCUT2D eigenvalue weighted by molar-refractivity contribution is -0.122. The van der Waals surface area contributed by atoms with Crippen molar-refractivity contribution in [2.45, 2.75) is 32.6 Å². The molecule has 1 aromatic rings. The number of unbranched alkanes of at least 4 members (excludes halogenated alkanes) is 1. The van der Waals surface area contributed by atoms with Crippen molar-refractivity contribution >= 4 is 11.7 Å². The molecule has 2 rings (SSSR count). The Balaban J connectivity index is 1.74. The Hall–Kier alpha value is -1.68. The van der Waals surface area contributed by atoms with Crippen molar-refractivity contribution in [1.29, 1.82) is 0 Å². The van der Waals surface area contributed by atoms with Gasteiger partial charge in [-0.1, -0.05) is 43.7 Å². The van der Waals surface area contributed by atoms with Gasteiger partial charge in [0.2, 0.25) is 5.91 Å². The van der Waals surface area contributed by atoms with Gasteiger partial charge in [-0.2, -0.15) is 0 Å². The van der Waals surface area contributed by atoms with Crippen LogP contribution in [0.3, 0.4) is 0 Å². The number of carbonyl (C=O) groups excluding carboxylic acids is 2. The van der Waals surface area contributed by atoms with Crippen molar-refractivity contribution in [2.24, 2.45) is 5.92 Å². The highest BCUT2D eigenvalue weighted by Crippen LogP contribution is 2.21. The van der Waals surface area contributed by atoms with Crippen LogP contribution >= 0.6 is 0 Å². The first-order chi connectivity index (χ1) is 10.7. The standard InChI is InChI=1S/C18H26N2O2/c1-2-3-11-19-17(21)14-20-12-9-16(10-13-20)18(22)15-7-5-4-6-8-15/h4-8,16H,2-3,9-14H2,1H3,(H,19,21). The zero-order valence-corrected chi connectivity index (χ0v) is 13.4. The molecular weight excluding hydrogens is 276 g/mol. The van der Waals surface area contributed by atoms with Gasteiger partial charge in [-0.25, -0.2) is 0 Å². The minimum atomic E-state index is 0.0984. The van der Waals surface area contributed by atoms with Crippen molar-refractivity contribution in [3.63, 3.8) is 0 Å². The summed E-state index contributed by atoms with van der Waals surface area (Å²) in [6.07, 6.45) is 3.80. The first-order valence-electron chi connectivity index (χ1n) is 8.29. The summed E-state index contributed by atoms with van der Waals surface area (Å²) >= 11 is 0. The number of nitrogens with one attached hydrogen (secondary N) is 1. The number of piperidine rings is 1. The molecule has 0 aromatic heterocycles. The minimum Gasteiger partial charge on any atom is -0.355 e. The summed E-state index contributed by atoms with van der Waals surface area (Å²) in [7, 11) is 0. The maximum Gasteiger partial charge on any atom is 0.234 e. The van der Waals surface area contributed by atoms with Crippen molar-refractivity contribution in [1.82, 2.24) is 10.2 Å². The third-order valence-corrected chi connectivity index (χ3v) is 4.24. The first-order valence-corrected chi connectivity index (χ1v) is 8.29. The average molecular weight is 302 g/mol. The number of likely N-dealkylation sites (tertiary alicyclic amines) is 1. The molecule has 0 atom stereocenters. The number of rotatable bonds is 7. The molecule has 0 aliphatic carbocycles. The van der Waals surface area contributed by atoms with E-state index in [1.165, 1.54) is 0 Å². The van der Waals surface area contributed by atoms with Gasteiger partial charge in [-0.15, -0.1) is 0 Å². The van der Waals surface area contributed by atoms with Crippen LogP contribution in [0.2, 0.25) is 0 Å². The summed E-state index contributed by atoms with van der Waals surface area (Å²) in [5.41, 5.74) is 0.804. The molecule has 0 bridgehead atoms. The number of amides is 1. The molecule has 1 saturated heterocycles. The molecule has 0 saturated carbocycles. The van der Waals surface area contributed by atoms with Crippen LogP contribution in [-0.4, -0.2) is 42.8 Å². The van der Waals surface area contributed by atoms with Gasteiger partial charge < -0.3 is 5.32 Å². The van der Waals surface area contributed by atoms with Crippen molar-refractivity contribution in [3.05, 3.63) is 35.9 Å². The Morgan fingerprint density at radius 1 is 1.18 bits per heavy atom. The van der Waals surface area contributed by atoms with Crippen molar-refractivity contribution < 1.29 is 9.59 Å². The number of hydrogen-bond donors (Lipinski definition) is 1. The number of carbonyl (C=O) groups is 2. The van der Waals surface area contributed by atoms with E-state index in [1.807, 2.05) is 30.3 Å². The Kier molecular flexibility index (Phi) is 6.59. The fraction of sp³-hybridized carbons (Fsp3) is 0.556. The molecule has 4 heteroatoms. The van der Waals surface area contributed by atoms with E-state index < -0.39 is 0 Å². The predicted octanol–water partition coefficient (Wildman–Crippen LogP) is 2.50. The SMILES string of the molecule is CCCCNC(=O)CN1CCC(C(=O)c2ccccc2)CC1. The highest BCUT2D eigenvalue weighted by molar-refractivity contribution is 5.97. The summed E-state index contributed by atoms with van der Waals surface area (Å²) in [6, 6.07) is 9.51. The van der Waals surface area contributed by atoms with E-state index in [2.05, 4.69) is 17.1 Å². The Morgan fingerprint density at radius 3 is 2.50 bits per heavy atom. The van der Waals surface area contributed by atoms with E-state index in [9.17, 15) is 9.59 Å². The Bertz CT molecular complexity index is 479. The van der Waals surface area contributed by atoms with Crippen LogP contribution in [0.4, 0.5) is 0 Å². The lowest BCUT2D eigenvalue weighted by Crippen LogP contribution is -2.42. The molecule has 0 unspecified atom stereocenters. The molecule has 22 heavy (non-hydrogen) atoms. The largest absolute Gasteiger partial charge is 0.355 e. The molecule has 1 aliphatic heterocycles. The van der Waals surface area contributed by atoms with Crippen LogP contribution in [0.5, 0.6) is 0 Å². The van der Waals surface area contributed by atoms with Crippen LogP contribution < -0.4 is 5.32 Å². The molecule has 1 aliphatic rings. The monoisotopic (exact) mass is 302 g/mol. The maximum absolute atomic E-state index is 12.4. The maximum atomic E-state index is 12.4. The highest BCUT2D eigenvalue weighted by atomic mass is 16.2. The summed E-state index contributed by atoms with van der Waals surface area (Å²) in [5, 5.41) is 2.94. The third kappa shape index (κ3) is 4.95. The van der Waals surface area contributed by atoms with Gasteiger partial charge in [0, 0.05) is 18.0 Å². The smallest absolute Gasteiger partial charge is 0.234 e. The minimum absolute atomic E-state index is 0.0984. The van der Waals surface area contributed by atoms with Crippen LogP contribution in [0.25, 0.3) is 0 Å². The fourth-order valence-corrected chi connectivity index (χ4v) is 2.85. The fourth-order valence-electron chi connectivity index (χ4n) is 2.85. The molecule has 120 valence electrons. The van der Waals surface area contributed by atoms with E-state index in [-0.39, 0.29) is 17.6 Å². The first kappa shape index (κ1) is 16.7. The highest BCUT2D eigenvalue weighted by Gasteiger charge is 2.26. The van der Waals surface area contributed by atoms with Gasteiger partial charge in [0.25, 0.3) is 0 Å². The molecule has 4 nitrogen and oxygen atoms in total. The van der Waals surface area contributed by atoms with E-state index in [0.717, 1.165) is 50.9 Å². The predicted molar refractivity (Wildman–Crippen MR) is 87.9 cm³/mol.